The lowest BCUT2D eigenvalue weighted by Gasteiger charge is -2.13. The Morgan fingerprint density at radius 2 is 1.93 bits per heavy atom. The lowest BCUT2D eigenvalue weighted by atomic mass is 10.4. The van der Waals surface area contributed by atoms with Gasteiger partial charge in [0.05, 0.1) is 0 Å². The van der Waals surface area contributed by atoms with Gasteiger partial charge in [0.25, 0.3) is 0 Å². The molecule has 4 amide bonds. The molecule has 0 spiro atoms. The third-order valence-electron chi connectivity index (χ3n) is 1.91. The summed E-state index contributed by atoms with van der Waals surface area (Å²) < 4.78 is 0. The van der Waals surface area contributed by atoms with Gasteiger partial charge in [0.15, 0.2) is 0 Å². The van der Waals surface area contributed by atoms with Gasteiger partial charge < -0.3 is 5.32 Å². The van der Waals surface area contributed by atoms with Gasteiger partial charge in [0, 0.05) is 25.9 Å². The average molecular weight is 200 g/mol. The zero-order valence-electron chi connectivity index (χ0n) is 7.58. The lowest BCUT2D eigenvalue weighted by molar-refractivity contribution is -0.138. The van der Waals surface area contributed by atoms with Crippen LogP contribution in [0.1, 0.15) is 12.8 Å². The van der Waals surface area contributed by atoms with E-state index in [1.54, 1.807) is 0 Å². The number of imide groups is 1. The van der Waals surface area contributed by atoms with Gasteiger partial charge in [0.2, 0.25) is 11.8 Å². The van der Waals surface area contributed by atoms with E-state index in [4.69, 9.17) is 5.84 Å². The topological polar surface area (TPSA) is 105 Å². The molecule has 7 heteroatoms. The molecule has 14 heavy (non-hydrogen) atoms. The molecule has 1 fully saturated rings. The first-order valence-electron chi connectivity index (χ1n) is 4.23. The van der Waals surface area contributed by atoms with E-state index in [-0.39, 0.29) is 37.7 Å². The molecule has 1 heterocycles. The molecule has 78 valence electrons. The number of hydrogen-bond acceptors (Lipinski definition) is 4. The first-order valence-corrected chi connectivity index (χ1v) is 4.23. The van der Waals surface area contributed by atoms with Gasteiger partial charge in [-0.1, -0.05) is 0 Å². The normalized spacial score (nSPS) is 15.9. The van der Waals surface area contributed by atoms with Gasteiger partial charge in [-0.3, -0.25) is 19.9 Å². The fourth-order valence-electron chi connectivity index (χ4n) is 1.20. The summed E-state index contributed by atoms with van der Waals surface area (Å²) in [6, 6.07) is -0.538. The summed E-state index contributed by atoms with van der Waals surface area (Å²) in [5.41, 5.74) is 1.87. The van der Waals surface area contributed by atoms with E-state index in [1.165, 1.54) is 0 Å². The maximum atomic E-state index is 11.1. The van der Waals surface area contributed by atoms with Crippen molar-refractivity contribution in [3.05, 3.63) is 0 Å². The first-order chi connectivity index (χ1) is 6.65. The van der Waals surface area contributed by atoms with Gasteiger partial charge in [-0.2, -0.15) is 0 Å². The van der Waals surface area contributed by atoms with Crippen LogP contribution in [0.25, 0.3) is 0 Å². The van der Waals surface area contributed by atoms with Crippen LogP contribution in [0.5, 0.6) is 0 Å². The number of nitrogens with one attached hydrogen (secondary N) is 2. The second-order valence-corrected chi connectivity index (χ2v) is 2.84. The summed E-state index contributed by atoms with van der Waals surface area (Å²) in [5, 5.41) is 2.38. The third kappa shape index (κ3) is 2.43. The van der Waals surface area contributed by atoms with Crippen molar-refractivity contribution in [1.29, 1.82) is 0 Å². The van der Waals surface area contributed by atoms with E-state index in [1.807, 2.05) is 5.43 Å². The van der Waals surface area contributed by atoms with Crippen LogP contribution in [0, 0.1) is 0 Å². The van der Waals surface area contributed by atoms with Crippen LogP contribution in [-0.4, -0.2) is 35.8 Å². The predicted octanol–water partition coefficient (Wildman–Crippen LogP) is -1.69. The maximum Gasteiger partial charge on any atom is 0.328 e. The molecule has 1 aliphatic rings. The third-order valence-corrected chi connectivity index (χ3v) is 1.91. The van der Waals surface area contributed by atoms with Crippen molar-refractivity contribution in [1.82, 2.24) is 15.6 Å². The van der Waals surface area contributed by atoms with Crippen LogP contribution in [-0.2, 0) is 9.59 Å². The Kier molecular flexibility index (Phi) is 3.41. The van der Waals surface area contributed by atoms with Crippen molar-refractivity contribution in [2.45, 2.75) is 12.8 Å². The number of likely N-dealkylation sites (tertiary alicyclic amines) is 1. The fraction of sp³-hybridized carbons (Fsp3) is 0.571. The van der Waals surface area contributed by atoms with Crippen LogP contribution < -0.4 is 16.6 Å². The summed E-state index contributed by atoms with van der Waals surface area (Å²) in [4.78, 5) is 33.9. The van der Waals surface area contributed by atoms with Crippen molar-refractivity contribution in [3.8, 4) is 0 Å². The minimum absolute atomic E-state index is 0.190. The highest BCUT2D eigenvalue weighted by Gasteiger charge is 2.27. The molecule has 0 aromatic carbocycles. The lowest BCUT2D eigenvalue weighted by Crippen LogP contribution is -2.44. The Labute approximate surface area is 80.6 Å². The molecule has 0 saturated carbocycles. The van der Waals surface area contributed by atoms with Crippen LogP contribution >= 0.6 is 0 Å². The van der Waals surface area contributed by atoms with E-state index >= 15 is 0 Å². The number of nitrogens with zero attached hydrogens (tertiary/aromatic N) is 1. The molecule has 0 bridgehead atoms. The molecule has 7 nitrogen and oxygen atoms in total. The molecule has 4 N–H and O–H groups in total. The Bertz CT molecular complexity index is 250. The number of hydrazine groups is 1. The van der Waals surface area contributed by atoms with Crippen molar-refractivity contribution < 1.29 is 14.4 Å². The number of urea groups is 1. The molecular weight excluding hydrogens is 188 g/mol. The summed E-state index contributed by atoms with van der Waals surface area (Å²) in [6.07, 6.45) is 0.532. The monoisotopic (exact) mass is 200 g/mol. The smallest absolute Gasteiger partial charge is 0.328 e. The summed E-state index contributed by atoms with van der Waals surface area (Å²) in [7, 11) is 0. The molecule has 1 saturated heterocycles. The molecule has 0 unspecified atom stereocenters. The fourth-order valence-corrected chi connectivity index (χ4v) is 1.20. The SMILES string of the molecule is NNC(=O)NCCN1C(=O)CCC1=O. The Morgan fingerprint density at radius 3 is 2.43 bits per heavy atom. The maximum absolute atomic E-state index is 11.1. The highest BCUT2D eigenvalue weighted by Crippen LogP contribution is 2.10. The second-order valence-electron chi connectivity index (χ2n) is 2.84. The Hall–Kier alpha value is -1.63. The van der Waals surface area contributed by atoms with E-state index in [9.17, 15) is 14.4 Å². The molecule has 0 aliphatic carbocycles. The molecular formula is C7H12N4O3. The van der Waals surface area contributed by atoms with Crippen LogP contribution in [0.4, 0.5) is 4.79 Å². The van der Waals surface area contributed by atoms with Gasteiger partial charge in [-0.05, 0) is 0 Å². The van der Waals surface area contributed by atoms with Crippen molar-refractivity contribution in [2.24, 2.45) is 5.84 Å². The van der Waals surface area contributed by atoms with Gasteiger partial charge in [-0.15, -0.1) is 0 Å². The van der Waals surface area contributed by atoms with Crippen LogP contribution in [0.3, 0.4) is 0 Å². The average Bonchev–Trinajstić information content (AvgIpc) is 2.48. The summed E-state index contributed by atoms with van der Waals surface area (Å²) >= 11 is 0. The Morgan fingerprint density at radius 1 is 1.36 bits per heavy atom. The molecule has 0 atom stereocenters. The molecule has 1 rings (SSSR count). The molecule has 1 aliphatic heterocycles. The van der Waals surface area contributed by atoms with E-state index < -0.39 is 6.03 Å². The first kappa shape index (κ1) is 10.5. The number of carbonyl (C=O) groups excluding carboxylic acids is 3. The standard InChI is InChI=1S/C7H12N4O3/c8-10-7(14)9-3-4-11-5(12)1-2-6(11)13/h1-4,8H2,(H2,9,10,14). The van der Waals surface area contributed by atoms with Gasteiger partial charge >= 0.3 is 6.03 Å². The molecule has 0 radical (unpaired) electrons. The highest BCUT2D eigenvalue weighted by atomic mass is 16.2. The van der Waals surface area contributed by atoms with Crippen LogP contribution in [0.2, 0.25) is 0 Å². The highest BCUT2D eigenvalue weighted by molar-refractivity contribution is 6.01. The second kappa shape index (κ2) is 4.56. The van der Waals surface area contributed by atoms with Crippen molar-refractivity contribution in [2.75, 3.05) is 13.1 Å². The number of amides is 4. The summed E-state index contributed by atoms with van der Waals surface area (Å²) in [6.45, 7) is 0.408. The van der Waals surface area contributed by atoms with Crippen molar-refractivity contribution >= 4 is 17.8 Å². The quantitative estimate of drug-likeness (QED) is 0.219. The van der Waals surface area contributed by atoms with E-state index in [2.05, 4.69) is 5.32 Å². The summed E-state index contributed by atoms with van der Waals surface area (Å²) in [5.74, 6) is 4.43. The van der Waals surface area contributed by atoms with Crippen LogP contribution in [0.15, 0.2) is 0 Å². The number of rotatable bonds is 3. The largest absolute Gasteiger partial charge is 0.335 e. The number of hydrogen-bond donors (Lipinski definition) is 3. The minimum Gasteiger partial charge on any atom is -0.335 e. The number of nitrogens with two attached hydrogens (primary N) is 1. The van der Waals surface area contributed by atoms with E-state index in [0.717, 1.165) is 4.90 Å². The predicted molar refractivity (Wildman–Crippen MR) is 46.7 cm³/mol. The van der Waals surface area contributed by atoms with Gasteiger partial charge in [0.1, 0.15) is 0 Å². The van der Waals surface area contributed by atoms with E-state index in [0.29, 0.717) is 0 Å². The molecule has 0 aromatic rings. The molecule has 0 aromatic heterocycles. The van der Waals surface area contributed by atoms with Gasteiger partial charge in [-0.25, -0.2) is 10.6 Å². The zero-order valence-corrected chi connectivity index (χ0v) is 7.58. The Balaban J connectivity index is 2.27. The zero-order chi connectivity index (χ0) is 10.6. The minimum atomic E-state index is -0.538. The van der Waals surface area contributed by atoms with Crippen molar-refractivity contribution in [3.63, 3.8) is 0 Å². The number of carbonyl (C=O) groups is 3.